The zero-order valence-corrected chi connectivity index (χ0v) is 8.12. The molecule has 0 unspecified atom stereocenters. The lowest BCUT2D eigenvalue weighted by atomic mass is 10.2. The fourth-order valence-corrected chi connectivity index (χ4v) is 0.976. The van der Waals surface area contributed by atoms with Crippen molar-refractivity contribution in [1.82, 2.24) is 0 Å². The number of carboxylic acid groups (broad SMARTS) is 1. The van der Waals surface area contributed by atoms with E-state index in [4.69, 9.17) is 5.11 Å². The van der Waals surface area contributed by atoms with Gasteiger partial charge in [0.1, 0.15) is 0 Å². The van der Waals surface area contributed by atoms with E-state index in [0.29, 0.717) is 5.69 Å². The highest BCUT2D eigenvalue weighted by atomic mass is 32.1. The van der Waals surface area contributed by atoms with E-state index >= 15 is 0 Å². The Bertz CT molecular complexity index is 348. The molecule has 0 aromatic heterocycles. The fraction of sp³-hybridized carbons (Fsp3) is 0.111. The molecule has 2 N–H and O–H groups in total. The summed E-state index contributed by atoms with van der Waals surface area (Å²) in [5.41, 5.74) is 0.753. The Morgan fingerprint density at radius 1 is 1.29 bits per heavy atom. The van der Waals surface area contributed by atoms with E-state index in [1.807, 2.05) is 0 Å². The van der Waals surface area contributed by atoms with Gasteiger partial charge in [-0.3, -0.25) is 4.79 Å². The van der Waals surface area contributed by atoms with Crippen molar-refractivity contribution in [3.8, 4) is 0 Å². The molecular formula is C9H9NO3S. The van der Waals surface area contributed by atoms with E-state index in [1.54, 1.807) is 0 Å². The van der Waals surface area contributed by atoms with Crippen LogP contribution in [0.1, 0.15) is 10.4 Å². The number of rotatable bonds is 3. The molecular weight excluding hydrogens is 202 g/mol. The van der Waals surface area contributed by atoms with Gasteiger partial charge in [0.25, 0.3) is 0 Å². The minimum Gasteiger partial charge on any atom is -0.478 e. The summed E-state index contributed by atoms with van der Waals surface area (Å²) in [6.07, 6.45) is 0. The molecule has 0 atom stereocenters. The molecule has 0 saturated heterocycles. The SMILES string of the molecule is O=C(CS)Nc1ccc(C(=O)O)cc1. The number of carbonyl (C=O) groups excluding carboxylic acids is 1. The molecule has 1 aromatic rings. The maximum absolute atomic E-state index is 10.9. The van der Waals surface area contributed by atoms with Crippen LogP contribution in [0.2, 0.25) is 0 Å². The van der Waals surface area contributed by atoms with Crippen LogP contribution in [0.5, 0.6) is 0 Å². The molecule has 1 amide bonds. The topological polar surface area (TPSA) is 66.4 Å². The van der Waals surface area contributed by atoms with E-state index in [1.165, 1.54) is 24.3 Å². The number of anilines is 1. The molecule has 0 spiro atoms. The Balaban J connectivity index is 2.73. The van der Waals surface area contributed by atoms with Crippen molar-refractivity contribution in [3.63, 3.8) is 0 Å². The van der Waals surface area contributed by atoms with Crippen molar-refractivity contribution in [2.45, 2.75) is 0 Å². The highest BCUT2D eigenvalue weighted by molar-refractivity contribution is 7.81. The molecule has 74 valence electrons. The minimum atomic E-state index is -0.989. The quantitative estimate of drug-likeness (QED) is 0.659. The maximum atomic E-state index is 10.9. The zero-order valence-electron chi connectivity index (χ0n) is 7.23. The number of hydrogen-bond donors (Lipinski definition) is 3. The summed E-state index contributed by atoms with van der Waals surface area (Å²) in [6.45, 7) is 0. The molecule has 1 rings (SSSR count). The van der Waals surface area contributed by atoms with Crippen molar-refractivity contribution in [3.05, 3.63) is 29.8 Å². The number of thiol groups is 1. The molecule has 0 aliphatic heterocycles. The van der Waals surface area contributed by atoms with Crippen LogP contribution in [-0.2, 0) is 4.79 Å². The third-order valence-electron chi connectivity index (χ3n) is 1.56. The molecule has 0 saturated carbocycles. The van der Waals surface area contributed by atoms with Crippen molar-refractivity contribution in [2.75, 3.05) is 11.1 Å². The molecule has 0 bridgehead atoms. The van der Waals surface area contributed by atoms with Crippen LogP contribution in [0, 0.1) is 0 Å². The Morgan fingerprint density at radius 2 is 1.86 bits per heavy atom. The van der Waals surface area contributed by atoms with Gasteiger partial charge in [-0.15, -0.1) is 0 Å². The van der Waals surface area contributed by atoms with Gasteiger partial charge in [0.15, 0.2) is 0 Å². The van der Waals surface area contributed by atoms with Gasteiger partial charge >= 0.3 is 5.97 Å². The summed E-state index contributed by atoms with van der Waals surface area (Å²) in [7, 11) is 0. The highest BCUT2D eigenvalue weighted by Gasteiger charge is 2.02. The van der Waals surface area contributed by atoms with Gasteiger partial charge in [0.05, 0.1) is 11.3 Å². The van der Waals surface area contributed by atoms with Crippen LogP contribution in [0.3, 0.4) is 0 Å². The molecule has 1 aromatic carbocycles. The number of benzene rings is 1. The number of nitrogens with one attached hydrogen (secondary N) is 1. The number of carbonyl (C=O) groups is 2. The van der Waals surface area contributed by atoms with Crippen LogP contribution >= 0.6 is 12.6 Å². The lowest BCUT2D eigenvalue weighted by Crippen LogP contribution is -2.12. The van der Waals surface area contributed by atoms with E-state index in [-0.39, 0.29) is 17.2 Å². The summed E-state index contributed by atoms with van der Waals surface area (Å²) in [5.74, 6) is -1.12. The second kappa shape index (κ2) is 4.66. The molecule has 0 aliphatic rings. The highest BCUT2D eigenvalue weighted by Crippen LogP contribution is 2.09. The lowest BCUT2D eigenvalue weighted by Gasteiger charge is -2.02. The zero-order chi connectivity index (χ0) is 10.6. The average molecular weight is 211 g/mol. The maximum Gasteiger partial charge on any atom is 0.335 e. The van der Waals surface area contributed by atoms with Gasteiger partial charge in [-0.2, -0.15) is 12.6 Å². The first-order valence-electron chi connectivity index (χ1n) is 3.87. The third-order valence-corrected chi connectivity index (χ3v) is 1.85. The van der Waals surface area contributed by atoms with Gasteiger partial charge in [-0.25, -0.2) is 4.79 Å². The van der Waals surface area contributed by atoms with Crippen LogP contribution < -0.4 is 5.32 Å². The first-order valence-corrected chi connectivity index (χ1v) is 4.51. The second-order valence-electron chi connectivity index (χ2n) is 2.59. The van der Waals surface area contributed by atoms with Crippen molar-refractivity contribution in [1.29, 1.82) is 0 Å². The smallest absolute Gasteiger partial charge is 0.335 e. The predicted octanol–water partition coefficient (Wildman–Crippen LogP) is 1.25. The average Bonchev–Trinajstić information content (AvgIpc) is 2.18. The minimum absolute atomic E-state index is 0.0979. The third kappa shape index (κ3) is 2.77. The van der Waals surface area contributed by atoms with Gasteiger partial charge in [0.2, 0.25) is 5.91 Å². The largest absolute Gasteiger partial charge is 0.478 e. The Hall–Kier alpha value is -1.49. The summed E-state index contributed by atoms with van der Waals surface area (Å²) in [6, 6.07) is 5.92. The molecule has 14 heavy (non-hydrogen) atoms. The van der Waals surface area contributed by atoms with E-state index in [2.05, 4.69) is 17.9 Å². The van der Waals surface area contributed by atoms with Crippen molar-refractivity contribution < 1.29 is 14.7 Å². The van der Waals surface area contributed by atoms with Gasteiger partial charge in [-0.1, -0.05) is 0 Å². The normalized spacial score (nSPS) is 9.50. The van der Waals surface area contributed by atoms with Gasteiger partial charge in [0, 0.05) is 5.69 Å². The predicted molar refractivity (Wildman–Crippen MR) is 55.9 cm³/mol. The number of hydrogen-bond acceptors (Lipinski definition) is 3. The van der Waals surface area contributed by atoms with Gasteiger partial charge in [-0.05, 0) is 24.3 Å². The standard InChI is InChI=1S/C9H9NO3S/c11-8(5-14)10-7-3-1-6(2-4-7)9(12)13/h1-4,14H,5H2,(H,10,11)(H,12,13). The Kier molecular flexibility index (Phi) is 3.53. The van der Waals surface area contributed by atoms with Gasteiger partial charge < -0.3 is 10.4 Å². The Labute approximate surface area is 86.3 Å². The summed E-state index contributed by atoms with van der Waals surface area (Å²) < 4.78 is 0. The van der Waals surface area contributed by atoms with Crippen LogP contribution in [0.4, 0.5) is 5.69 Å². The first kappa shape index (κ1) is 10.6. The molecule has 0 radical (unpaired) electrons. The number of carboxylic acids is 1. The molecule has 5 heteroatoms. The summed E-state index contributed by atoms with van der Waals surface area (Å²) in [4.78, 5) is 21.4. The summed E-state index contributed by atoms with van der Waals surface area (Å²) in [5, 5.41) is 11.2. The Morgan fingerprint density at radius 3 is 2.29 bits per heavy atom. The molecule has 4 nitrogen and oxygen atoms in total. The van der Waals surface area contributed by atoms with Crippen LogP contribution in [0.15, 0.2) is 24.3 Å². The number of aromatic carboxylic acids is 1. The molecule has 0 heterocycles. The van der Waals surface area contributed by atoms with Crippen molar-refractivity contribution >= 4 is 30.2 Å². The van der Waals surface area contributed by atoms with E-state index < -0.39 is 5.97 Å². The molecule has 0 fully saturated rings. The van der Waals surface area contributed by atoms with E-state index in [9.17, 15) is 9.59 Å². The lowest BCUT2D eigenvalue weighted by molar-refractivity contribution is -0.113. The van der Waals surface area contributed by atoms with Crippen LogP contribution in [-0.4, -0.2) is 22.7 Å². The van der Waals surface area contributed by atoms with Crippen LogP contribution in [0.25, 0.3) is 0 Å². The molecule has 0 aliphatic carbocycles. The fourth-order valence-electron chi connectivity index (χ4n) is 0.897. The first-order chi connectivity index (χ1) is 6.63. The second-order valence-corrected chi connectivity index (χ2v) is 2.91. The monoisotopic (exact) mass is 211 g/mol. The van der Waals surface area contributed by atoms with E-state index in [0.717, 1.165) is 0 Å². The summed E-state index contributed by atoms with van der Waals surface area (Å²) >= 11 is 3.79. The number of amides is 1. The van der Waals surface area contributed by atoms with Crippen molar-refractivity contribution in [2.24, 2.45) is 0 Å².